The summed E-state index contributed by atoms with van der Waals surface area (Å²) in [6, 6.07) is 3.51. The summed E-state index contributed by atoms with van der Waals surface area (Å²) < 4.78 is 6.74. The first-order valence-electron chi connectivity index (χ1n) is 10.6. The Morgan fingerprint density at radius 1 is 1.19 bits per heavy atom. The van der Waals surface area contributed by atoms with E-state index in [0.717, 1.165) is 38.7 Å². The minimum atomic E-state index is -0.674. The van der Waals surface area contributed by atoms with E-state index < -0.39 is 11.4 Å². The molecule has 8 nitrogen and oxygen atoms in total. The molecule has 2 aromatic heterocycles. The van der Waals surface area contributed by atoms with Crippen LogP contribution in [0.4, 0.5) is 5.69 Å². The first-order valence-corrected chi connectivity index (χ1v) is 11.0. The van der Waals surface area contributed by atoms with Gasteiger partial charge in [-0.1, -0.05) is 25.4 Å². The molecule has 0 bridgehead atoms. The second-order valence-corrected chi connectivity index (χ2v) is 6.95. The van der Waals surface area contributed by atoms with Gasteiger partial charge in [-0.2, -0.15) is 0 Å². The van der Waals surface area contributed by atoms with E-state index in [4.69, 9.17) is 21.4 Å². The molecule has 3 heterocycles. The lowest BCUT2D eigenvalue weighted by molar-refractivity contribution is 0.0524. The third-order valence-electron chi connectivity index (χ3n) is 4.81. The number of pyridine rings is 1. The third-order valence-corrected chi connectivity index (χ3v) is 5.11. The molecule has 1 saturated heterocycles. The summed E-state index contributed by atoms with van der Waals surface area (Å²) in [5.41, 5.74) is 1.01. The SMILES string of the molecule is CC.CCOC(=O)c1cn(-c2cnccn2)c2cc(N3CCCC3)c(Cl)cc2c1=O.CO. The number of aromatic nitrogens is 3. The van der Waals surface area contributed by atoms with Gasteiger partial charge in [0.05, 0.1) is 29.0 Å². The smallest absolute Gasteiger partial charge is 0.343 e. The van der Waals surface area contributed by atoms with Crippen LogP contribution < -0.4 is 10.3 Å². The second kappa shape index (κ2) is 12.2. The highest BCUT2D eigenvalue weighted by Gasteiger charge is 2.21. The van der Waals surface area contributed by atoms with Crippen LogP contribution >= 0.6 is 11.6 Å². The summed E-state index contributed by atoms with van der Waals surface area (Å²) >= 11 is 6.51. The van der Waals surface area contributed by atoms with Crippen LogP contribution in [0.15, 0.2) is 41.7 Å². The molecule has 0 aliphatic carbocycles. The Bertz CT molecular complexity index is 1100. The molecular weight excluding hydrogens is 432 g/mol. The molecule has 0 saturated carbocycles. The van der Waals surface area contributed by atoms with Crippen LogP contribution in [0.2, 0.25) is 5.02 Å². The maximum absolute atomic E-state index is 13.0. The fraction of sp³-hybridized carbons (Fsp3) is 0.391. The number of esters is 1. The number of benzene rings is 1. The molecule has 0 amide bonds. The van der Waals surface area contributed by atoms with Gasteiger partial charge in [0, 0.05) is 44.2 Å². The van der Waals surface area contributed by atoms with Gasteiger partial charge in [0.1, 0.15) is 5.56 Å². The summed E-state index contributed by atoms with van der Waals surface area (Å²) in [5, 5.41) is 7.82. The quantitative estimate of drug-likeness (QED) is 0.590. The number of hydrogen-bond donors (Lipinski definition) is 1. The molecule has 1 N–H and O–H groups in total. The zero-order valence-corrected chi connectivity index (χ0v) is 19.6. The van der Waals surface area contributed by atoms with Crippen LogP contribution in [0.3, 0.4) is 0 Å². The molecule has 9 heteroatoms. The van der Waals surface area contributed by atoms with Gasteiger partial charge in [0.15, 0.2) is 5.82 Å². The minimum Gasteiger partial charge on any atom is -0.462 e. The van der Waals surface area contributed by atoms with Crippen LogP contribution in [-0.2, 0) is 4.74 Å². The Hall–Kier alpha value is -2.97. The summed E-state index contributed by atoms with van der Waals surface area (Å²) in [6.45, 7) is 7.71. The van der Waals surface area contributed by atoms with Crippen molar-refractivity contribution in [1.82, 2.24) is 14.5 Å². The van der Waals surface area contributed by atoms with E-state index in [1.165, 1.54) is 6.20 Å². The molecule has 172 valence electrons. The zero-order chi connectivity index (χ0) is 23.7. The van der Waals surface area contributed by atoms with Crippen molar-refractivity contribution in [3.63, 3.8) is 0 Å². The van der Waals surface area contributed by atoms with E-state index >= 15 is 0 Å². The Labute approximate surface area is 192 Å². The average molecular weight is 461 g/mol. The Morgan fingerprint density at radius 2 is 1.88 bits per heavy atom. The Kier molecular flexibility index (Phi) is 9.61. The summed E-state index contributed by atoms with van der Waals surface area (Å²) in [4.78, 5) is 36.0. The van der Waals surface area contributed by atoms with E-state index in [2.05, 4.69) is 14.9 Å². The minimum absolute atomic E-state index is 0.0648. The summed E-state index contributed by atoms with van der Waals surface area (Å²) in [5.74, 6) is -0.181. The monoisotopic (exact) mass is 460 g/mol. The van der Waals surface area contributed by atoms with Crippen molar-refractivity contribution in [2.24, 2.45) is 0 Å². The molecule has 4 rings (SSSR count). The number of aliphatic hydroxyl groups is 1. The summed E-state index contributed by atoms with van der Waals surface area (Å²) in [6.07, 6.45) is 8.37. The van der Waals surface area contributed by atoms with Crippen LogP contribution in [0, 0.1) is 0 Å². The van der Waals surface area contributed by atoms with E-state index in [1.807, 2.05) is 19.9 Å². The number of carbonyl (C=O) groups excluding carboxylic acids is 1. The maximum atomic E-state index is 13.0. The fourth-order valence-corrected chi connectivity index (χ4v) is 3.78. The highest BCUT2D eigenvalue weighted by atomic mass is 35.5. The number of carbonyl (C=O) groups is 1. The highest BCUT2D eigenvalue weighted by Crippen LogP contribution is 2.33. The lowest BCUT2D eigenvalue weighted by atomic mass is 10.1. The molecule has 0 radical (unpaired) electrons. The summed E-state index contributed by atoms with van der Waals surface area (Å²) in [7, 11) is 1.00. The number of fused-ring (bicyclic) bond motifs is 1. The molecule has 1 aliphatic rings. The number of ether oxygens (including phenoxy) is 1. The lowest BCUT2D eigenvalue weighted by Gasteiger charge is -2.21. The normalized spacial score (nSPS) is 12.5. The van der Waals surface area contributed by atoms with E-state index in [9.17, 15) is 9.59 Å². The van der Waals surface area contributed by atoms with Crippen molar-refractivity contribution in [3.05, 3.63) is 57.7 Å². The van der Waals surface area contributed by atoms with Crippen LogP contribution in [0.5, 0.6) is 0 Å². The second-order valence-electron chi connectivity index (χ2n) is 6.54. The van der Waals surface area contributed by atoms with Gasteiger partial charge in [-0.3, -0.25) is 14.3 Å². The molecule has 1 aliphatic heterocycles. The predicted molar refractivity (Wildman–Crippen MR) is 127 cm³/mol. The molecular formula is C23H29ClN4O4. The maximum Gasteiger partial charge on any atom is 0.343 e. The number of rotatable bonds is 4. The topological polar surface area (TPSA) is 97.6 Å². The van der Waals surface area contributed by atoms with Gasteiger partial charge in [-0.25, -0.2) is 9.78 Å². The van der Waals surface area contributed by atoms with Crippen molar-refractivity contribution >= 4 is 34.2 Å². The van der Waals surface area contributed by atoms with Crippen molar-refractivity contribution in [2.75, 3.05) is 31.7 Å². The van der Waals surface area contributed by atoms with Gasteiger partial charge in [0.2, 0.25) is 5.43 Å². The standard InChI is InChI=1S/C20H19ClN4O3.C2H6.CH4O/c1-2-28-20(27)14-12-25(18-11-22-5-6-23-18)16-10-17(24-7-3-4-8-24)15(21)9-13(16)19(14)26;2*1-2/h5-6,9-12H,2-4,7-8H2,1H3;1-2H3;2H,1H3. The molecule has 0 spiro atoms. The van der Waals surface area contributed by atoms with Gasteiger partial charge in [-0.05, 0) is 31.9 Å². The molecule has 32 heavy (non-hydrogen) atoms. The fourth-order valence-electron chi connectivity index (χ4n) is 3.49. The average Bonchev–Trinajstić information content (AvgIpc) is 3.37. The van der Waals surface area contributed by atoms with Gasteiger partial charge in [0.25, 0.3) is 0 Å². The number of nitrogens with zero attached hydrogens (tertiary/aromatic N) is 4. The lowest BCUT2D eigenvalue weighted by Crippen LogP contribution is -2.22. The molecule has 0 unspecified atom stereocenters. The molecule has 1 aromatic carbocycles. The number of anilines is 1. The van der Waals surface area contributed by atoms with Gasteiger partial charge < -0.3 is 14.7 Å². The van der Waals surface area contributed by atoms with Crippen molar-refractivity contribution in [2.45, 2.75) is 33.6 Å². The molecule has 0 atom stereocenters. The Balaban J connectivity index is 0.000000860. The van der Waals surface area contributed by atoms with Crippen molar-refractivity contribution in [3.8, 4) is 5.82 Å². The largest absolute Gasteiger partial charge is 0.462 e. The third kappa shape index (κ3) is 5.26. The van der Waals surface area contributed by atoms with Crippen LogP contribution in [-0.4, -0.2) is 52.4 Å². The van der Waals surface area contributed by atoms with E-state index in [0.29, 0.717) is 21.7 Å². The van der Waals surface area contributed by atoms with Gasteiger partial charge in [-0.15, -0.1) is 0 Å². The van der Waals surface area contributed by atoms with Crippen LogP contribution in [0.25, 0.3) is 16.7 Å². The molecule has 1 fully saturated rings. The van der Waals surface area contributed by atoms with Crippen LogP contribution in [0.1, 0.15) is 44.0 Å². The van der Waals surface area contributed by atoms with E-state index in [-0.39, 0.29) is 12.2 Å². The van der Waals surface area contributed by atoms with Crippen molar-refractivity contribution < 1.29 is 14.6 Å². The number of hydrogen-bond acceptors (Lipinski definition) is 7. The Morgan fingerprint density at radius 3 is 2.47 bits per heavy atom. The zero-order valence-electron chi connectivity index (χ0n) is 18.8. The number of halogens is 1. The van der Waals surface area contributed by atoms with E-state index in [1.54, 1.807) is 36.1 Å². The first kappa shape index (κ1) is 25.3. The predicted octanol–water partition coefficient (Wildman–Crippen LogP) is 3.85. The van der Waals surface area contributed by atoms with Crippen molar-refractivity contribution in [1.29, 1.82) is 0 Å². The highest BCUT2D eigenvalue weighted by molar-refractivity contribution is 6.34. The van der Waals surface area contributed by atoms with Gasteiger partial charge >= 0.3 is 5.97 Å². The number of aliphatic hydroxyl groups excluding tert-OH is 1. The molecule has 3 aromatic rings. The first-order chi connectivity index (χ1) is 15.6.